The lowest BCUT2D eigenvalue weighted by atomic mass is 10.1. The summed E-state index contributed by atoms with van der Waals surface area (Å²) in [6, 6.07) is 13.8. The Labute approximate surface area is 133 Å². The highest BCUT2D eigenvalue weighted by atomic mass is 35.5. The number of halogens is 2. The maximum atomic E-state index is 6.25. The molecule has 106 valence electrons. The fourth-order valence-corrected chi connectivity index (χ4v) is 2.73. The Kier molecular flexibility index (Phi) is 4.00. The summed E-state index contributed by atoms with van der Waals surface area (Å²) in [6.45, 7) is 2.61. The van der Waals surface area contributed by atoms with E-state index in [9.17, 15) is 0 Å². The first-order chi connectivity index (χ1) is 10.1. The normalized spacial score (nSPS) is 10.8. The van der Waals surface area contributed by atoms with E-state index >= 15 is 0 Å². The second-order valence-electron chi connectivity index (χ2n) is 4.92. The Morgan fingerprint density at radius 1 is 1.05 bits per heavy atom. The number of anilines is 1. The molecule has 0 saturated carbocycles. The molecule has 0 spiro atoms. The number of pyridine rings is 1. The Morgan fingerprint density at radius 3 is 2.71 bits per heavy atom. The minimum absolute atomic E-state index is 0.669. The summed E-state index contributed by atoms with van der Waals surface area (Å²) in [7, 11) is 0. The number of fused-ring (bicyclic) bond motifs is 1. The molecular formula is C17H14Cl2N2. The second-order valence-corrected chi connectivity index (χ2v) is 5.74. The predicted octanol–water partition coefficient (Wildman–Crippen LogP) is 5.46. The number of hydrogen-bond donors (Lipinski definition) is 1. The minimum Gasteiger partial charge on any atom is -0.380 e. The highest BCUT2D eigenvalue weighted by Crippen LogP contribution is 2.29. The first-order valence-corrected chi connectivity index (χ1v) is 7.43. The lowest BCUT2D eigenvalue weighted by Crippen LogP contribution is -2.01. The average molecular weight is 317 g/mol. The van der Waals surface area contributed by atoms with Gasteiger partial charge in [-0.05, 0) is 42.3 Å². The number of hydrogen-bond acceptors (Lipinski definition) is 2. The minimum atomic E-state index is 0.669. The van der Waals surface area contributed by atoms with Gasteiger partial charge in [-0.15, -0.1) is 0 Å². The maximum Gasteiger partial charge on any atom is 0.0705 e. The van der Waals surface area contributed by atoms with Crippen molar-refractivity contribution in [3.05, 3.63) is 69.8 Å². The van der Waals surface area contributed by atoms with Crippen LogP contribution in [-0.2, 0) is 6.54 Å². The predicted molar refractivity (Wildman–Crippen MR) is 90.3 cm³/mol. The first kappa shape index (κ1) is 14.2. The molecule has 0 aliphatic carbocycles. The van der Waals surface area contributed by atoms with Gasteiger partial charge in [-0.3, -0.25) is 4.98 Å². The van der Waals surface area contributed by atoms with Crippen LogP contribution in [-0.4, -0.2) is 4.98 Å². The number of benzene rings is 2. The summed E-state index contributed by atoms with van der Waals surface area (Å²) in [5, 5.41) is 5.87. The van der Waals surface area contributed by atoms with Gasteiger partial charge in [0.2, 0.25) is 0 Å². The van der Waals surface area contributed by atoms with Gasteiger partial charge in [-0.25, -0.2) is 0 Å². The SMILES string of the molecule is Cc1cc(Cl)c(NCc2ccnc3ccccc23)cc1Cl. The summed E-state index contributed by atoms with van der Waals surface area (Å²) < 4.78 is 0. The summed E-state index contributed by atoms with van der Waals surface area (Å²) in [6.07, 6.45) is 1.82. The van der Waals surface area contributed by atoms with Gasteiger partial charge in [-0.1, -0.05) is 41.4 Å². The smallest absolute Gasteiger partial charge is 0.0705 e. The van der Waals surface area contributed by atoms with Gasteiger partial charge in [0.05, 0.1) is 16.2 Å². The lowest BCUT2D eigenvalue weighted by Gasteiger charge is -2.12. The van der Waals surface area contributed by atoms with E-state index in [0.717, 1.165) is 22.2 Å². The van der Waals surface area contributed by atoms with E-state index in [1.807, 2.05) is 49.5 Å². The van der Waals surface area contributed by atoms with E-state index < -0.39 is 0 Å². The molecule has 1 N–H and O–H groups in total. The van der Waals surface area contributed by atoms with Gasteiger partial charge >= 0.3 is 0 Å². The van der Waals surface area contributed by atoms with Crippen LogP contribution in [0.15, 0.2) is 48.7 Å². The number of para-hydroxylation sites is 1. The highest BCUT2D eigenvalue weighted by Gasteiger charge is 2.06. The van der Waals surface area contributed by atoms with Crippen LogP contribution in [0.3, 0.4) is 0 Å². The zero-order valence-corrected chi connectivity index (χ0v) is 13.0. The van der Waals surface area contributed by atoms with Crippen LogP contribution in [0, 0.1) is 6.92 Å². The Morgan fingerprint density at radius 2 is 1.86 bits per heavy atom. The van der Waals surface area contributed by atoms with E-state index in [4.69, 9.17) is 23.2 Å². The monoisotopic (exact) mass is 316 g/mol. The van der Waals surface area contributed by atoms with Crippen LogP contribution in [0.1, 0.15) is 11.1 Å². The van der Waals surface area contributed by atoms with Crippen molar-refractivity contribution in [2.75, 3.05) is 5.32 Å². The van der Waals surface area contributed by atoms with Crippen LogP contribution in [0.4, 0.5) is 5.69 Å². The van der Waals surface area contributed by atoms with Crippen molar-refractivity contribution in [2.45, 2.75) is 13.5 Å². The van der Waals surface area contributed by atoms with Crippen LogP contribution in [0.25, 0.3) is 10.9 Å². The average Bonchev–Trinajstić information content (AvgIpc) is 2.49. The Balaban J connectivity index is 1.89. The molecule has 4 heteroatoms. The number of nitrogens with one attached hydrogen (secondary N) is 1. The molecule has 0 bridgehead atoms. The third-order valence-corrected chi connectivity index (χ3v) is 4.18. The summed E-state index contributed by atoms with van der Waals surface area (Å²) >= 11 is 12.4. The molecule has 2 aromatic carbocycles. The summed E-state index contributed by atoms with van der Waals surface area (Å²) in [5.74, 6) is 0. The number of aryl methyl sites for hydroxylation is 1. The van der Waals surface area contributed by atoms with E-state index in [0.29, 0.717) is 16.6 Å². The third kappa shape index (κ3) is 2.97. The second kappa shape index (κ2) is 5.92. The molecule has 0 fully saturated rings. The highest BCUT2D eigenvalue weighted by molar-refractivity contribution is 6.35. The van der Waals surface area contributed by atoms with Crippen molar-refractivity contribution in [1.29, 1.82) is 0 Å². The van der Waals surface area contributed by atoms with Crippen molar-refractivity contribution >= 4 is 39.8 Å². The zero-order valence-electron chi connectivity index (χ0n) is 11.5. The summed E-state index contributed by atoms with van der Waals surface area (Å²) in [4.78, 5) is 4.37. The standard InChI is InChI=1S/C17H14Cl2N2/c1-11-8-15(19)17(9-14(11)18)21-10-12-6-7-20-16-5-3-2-4-13(12)16/h2-9,21H,10H2,1H3. The molecule has 0 radical (unpaired) electrons. The zero-order chi connectivity index (χ0) is 14.8. The number of rotatable bonds is 3. The molecule has 0 amide bonds. The molecule has 1 aromatic heterocycles. The Bertz CT molecular complexity index is 795. The topological polar surface area (TPSA) is 24.9 Å². The molecule has 0 saturated heterocycles. The molecule has 0 aliphatic heterocycles. The molecule has 21 heavy (non-hydrogen) atoms. The van der Waals surface area contributed by atoms with E-state index in [1.54, 1.807) is 0 Å². The molecule has 3 aromatic rings. The van der Waals surface area contributed by atoms with Crippen molar-refractivity contribution in [3.63, 3.8) is 0 Å². The van der Waals surface area contributed by atoms with Crippen LogP contribution >= 0.6 is 23.2 Å². The molecule has 2 nitrogen and oxygen atoms in total. The number of aromatic nitrogens is 1. The van der Waals surface area contributed by atoms with Gasteiger partial charge in [0.1, 0.15) is 0 Å². The molecule has 1 heterocycles. The first-order valence-electron chi connectivity index (χ1n) is 6.67. The van der Waals surface area contributed by atoms with Gasteiger partial charge in [0.25, 0.3) is 0 Å². The van der Waals surface area contributed by atoms with E-state index in [2.05, 4.69) is 16.4 Å². The van der Waals surface area contributed by atoms with Gasteiger partial charge < -0.3 is 5.32 Å². The van der Waals surface area contributed by atoms with Crippen molar-refractivity contribution in [3.8, 4) is 0 Å². The van der Waals surface area contributed by atoms with Gasteiger partial charge in [0, 0.05) is 23.2 Å². The van der Waals surface area contributed by atoms with E-state index in [-0.39, 0.29) is 0 Å². The summed E-state index contributed by atoms with van der Waals surface area (Å²) in [5.41, 5.74) is 3.98. The Hall–Kier alpha value is -1.77. The molecule has 3 rings (SSSR count). The number of nitrogens with zero attached hydrogens (tertiary/aromatic N) is 1. The quantitative estimate of drug-likeness (QED) is 0.693. The maximum absolute atomic E-state index is 6.25. The van der Waals surface area contributed by atoms with Crippen LogP contribution < -0.4 is 5.32 Å². The molecular weight excluding hydrogens is 303 g/mol. The lowest BCUT2D eigenvalue weighted by molar-refractivity contribution is 1.15. The fraction of sp³-hybridized carbons (Fsp3) is 0.118. The van der Waals surface area contributed by atoms with Crippen LogP contribution in [0.2, 0.25) is 10.0 Å². The van der Waals surface area contributed by atoms with E-state index in [1.165, 1.54) is 5.56 Å². The van der Waals surface area contributed by atoms with Crippen molar-refractivity contribution in [2.24, 2.45) is 0 Å². The largest absolute Gasteiger partial charge is 0.380 e. The molecule has 0 aliphatic rings. The van der Waals surface area contributed by atoms with Crippen LogP contribution in [0.5, 0.6) is 0 Å². The third-order valence-electron chi connectivity index (χ3n) is 3.46. The fourth-order valence-electron chi connectivity index (χ4n) is 2.28. The molecule has 0 atom stereocenters. The van der Waals surface area contributed by atoms with Crippen molar-refractivity contribution < 1.29 is 0 Å². The van der Waals surface area contributed by atoms with Crippen molar-refractivity contribution in [1.82, 2.24) is 4.98 Å². The van der Waals surface area contributed by atoms with Gasteiger partial charge in [0.15, 0.2) is 0 Å². The molecule has 0 unspecified atom stereocenters. The van der Waals surface area contributed by atoms with Gasteiger partial charge in [-0.2, -0.15) is 0 Å².